The van der Waals surface area contributed by atoms with Gasteiger partial charge in [-0.2, -0.15) is 0 Å². The van der Waals surface area contributed by atoms with Gasteiger partial charge in [-0.3, -0.25) is 4.79 Å². The minimum atomic E-state index is -0.989. The van der Waals surface area contributed by atoms with Crippen molar-refractivity contribution in [2.24, 2.45) is 5.92 Å². The van der Waals surface area contributed by atoms with Gasteiger partial charge in [0.2, 0.25) is 0 Å². The average molecular weight is 311 g/mol. The van der Waals surface area contributed by atoms with Gasteiger partial charge in [0.15, 0.2) is 11.3 Å². The number of amides is 2. The molecule has 1 N–H and O–H groups in total. The number of aliphatic carboxylic acids is 1. The molecule has 2 heterocycles. The third-order valence-corrected chi connectivity index (χ3v) is 4.19. The summed E-state index contributed by atoms with van der Waals surface area (Å²) in [6.07, 6.45) is 0.672. The minimum absolute atomic E-state index is 0.160. The minimum Gasteiger partial charge on any atom is -0.480 e. The Morgan fingerprint density at radius 2 is 2.24 bits per heavy atom. The van der Waals surface area contributed by atoms with Crippen molar-refractivity contribution in [1.29, 1.82) is 0 Å². The summed E-state index contributed by atoms with van der Waals surface area (Å²) >= 11 is 1.23. The van der Waals surface area contributed by atoms with Crippen molar-refractivity contribution in [2.45, 2.75) is 26.4 Å². The lowest BCUT2D eigenvalue weighted by Crippen LogP contribution is -2.46. The summed E-state index contributed by atoms with van der Waals surface area (Å²) in [6, 6.07) is -1.11. The molecule has 21 heavy (non-hydrogen) atoms. The van der Waals surface area contributed by atoms with Crippen LogP contribution in [0.15, 0.2) is 5.38 Å². The second-order valence-corrected chi connectivity index (χ2v) is 6.11. The van der Waals surface area contributed by atoms with Gasteiger partial charge in [-0.1, -0.05) is 13.8 Å². The Bertz CT molecular complexity index is 557. The highest BCUT2D eigenvalue weighted by Crippen LogP contribution is 2.20. The molecule has 1 aliphatic rings. The van der Waals surface area contributed by atoms with E-state index in [1.165, 1.54) is 16.2 Å². The maximum atomic E-state index is 12.3. The normalized spacial score (nSPS) is 16.6. The van der Waals surface area contributed by atoms with Crippen molar-refractivity contribution >= 4 is 29.6 Å². The second-order valence-electron chi connectivity index (χ2n) is 5.22. The van der Waals surface area contributed by atoms with Gasteiger partial charge in [0, 0.05) is 18.5 Å². The standard InChI is InChI=1S/C13H17N3O4S/c1-8(2)11(12(18)19)16-4-3-15(13(16)20)5-9-7-21-10(6-17)14-9/h6-8,11H,3-5H2,1-2H3,(H,18,19)/t11-/m0/s1. The van der Waals surface area contributed by atoms with E-state index in [0.717, 1.165) is 0 Å². The zero-order chi connectivity index (χ0) is 15.6. The summed E-state index contributed by atoms with van der Waals surface area (Å²) in [5.74, 6) is -1.15. The van der Waals surface area contributed by atoms with Gasteiger partial charge in [-0.25, -0.2) is 14.6 Å². The molecular formula is C13H17N3O4S. The van der Waals surface area contributed by atoms with Crippen LogP contribution in [0.25, 0.3) is 0 Å². The number of rotatable bonds is 6. The highest BCUT2D eigenvalue weighted by atomic mass is 32.1. The van der Waals surface area contributed by atoms with Gasteiger partial charge in [0.1, 0.15) is 6.04 Å². The van der Waals surface area contributed by atoms with Gasteiger partial charge in [-0.15, -0.1) is 11.3 Å². The summed E-state index contributed by atoms with van der Waals surface area (Å²) in [5, 5.41) is 11.4. The molecule has 0 spiro atoms. The van der Waals surface area contributed by atoms with Crippen LogP contribution in [0.3, 0.4) is 0 Å². The van der Waals surface area contributed by atoms with E-state index in [1.54, 1.807) is 24.1 Å². The molecule has 1 aromatic heterocycles. The molecule has 0 bridgehead atoms. The van der Waals surface area contributed by atoms with Gasteiger partial charge in [-0.05, 0) is 5.92 Å². The molecule has 0 aromatic carbocycles. The first-order chi connectivity index (χ1) is 9.93. The van der Waals surface area contributed by atoms with Crippen molar-refractivity contribution < 1.29 is 19.5 Å². The van der Waals surface area contributed by atoms with E-state index in [-0.39, 0.29) is 11.9 Å². The highest BCUT2D eigenvalue weighted by molar-refractivity contribution is 7.11. The summed E-state index contributed by atoms with van der Waals surface area (Å²) in [4.78, 5) is 41.3. The quantitative estimate of drug-likeness (QED) is 0.800. The molecule has 0 radical (unpaired) electrons. The molecule has 114 valence electrons. The maximum absolute atomic E-state index is 12.3. The Kier molecular flexibility index (Phi) is 4.56. The largest absolute Gasteiger partial charge is 0.480 e. The zero-order valence-corrected chi connectivity index (χ0v) is 12.7. The molecule has 0 aliphatic carbocycles. The van der Waals surface area contributed by atoms with Crippen molar-refractivity contribution in [1.82, 2.24) is 14.8 Å². The third-order valence-electron chi connectivity index (χ3n) is 3.37. The van der Waals surface area contributed by atoms with E-state index < -0.39 is 12.0 Å². The van der Waals surface area contributed by atoms with E-state index in [0.29, 0.717) is 36.6 Å². The first kappa shape index (κ1) is 15.4. The Morgan fingerprint density at radius 1 is 1.52 bits per heavy atom. The molecule has 0 unspecified atom stereocenters. The molecule has 1 saturated heterocycles. The third kappa shape index (κ3) is 3.21. The number of hydrogen-bond acceptors (Lipinski definition) is 5. The second kappa shape index (κ2) is 6.21. The molecule has 2 amide bonds. The predicted molar refractivity (Wildman–Crippen MR) is 76.3 cm³/mol. The van der Waals surface area contributed by atoms with Crippen LogP contribution < -0.4 is 0 Å². The van der Waals surface area contributed by atoms with Crippen LogP contribution >= 0.6 is 11.3 Å². The molecule has 1 aliphatic heterocycles. The van der Waals surface area contributed by atoms with E-state index >= 15 is 0 Å². The molecule has 8 heteroatoms. The first-order valence-corrected chi connectivity index (χ1v) is 7.50. The predicted octanol–water partition coefficient (Wildman–Crippen LogP) is 1.30. The smallest absolute Gasteiger partial charge is 0.326 e. The number of carboxylic acids is 1. The maximum Gasteiger partial charge on any atom is 0.326 e. The first-order valence-electron chi connectivity index (χ1n) is 6.62. The van der Waals surface area contributed by atoms with Gasteiger partial charge < -0.3 is 14.9 Å². The van der Waals surface area contributed by atoms with Crippen LogP contribution in [-0.4, -0.2) is 57.3 Å². The monoisotopic (exact) mass is 311 g/mol. The number of urea groups is 1. The van der Waals surface area contributed by atoms with E-state index in [1.807, 2.05) is 0 Å². The number of carboxylic acid groups (broad SMARTS) is 1. The highest BCUT2D eigenvalue weighted by Gasteiger charge is 2.38. The number of aromatic nitrogens is 1. The van der Waals surface area contributed by atoms with Gasteiger partial charge in [0.05, 0.1) is 12.2 Å². The number of thiazole rings is 1. The fourth-order valence-electron chi connectivity index (χ4n) is 2.43. The number of carbonyl (C=O) groups excluding carboxylic acids is 2. The molecular weight excluding hydrogens is 294 g/mol. The molecule has 2 rings (SSSR count). The van der Waals surface area contributed by atoms with E-state index in [2.05, 4.69) is 4.98 Å². The van der Waals surface area contributed by atoms with E-state index in [9.17, 15) is 19.5 Å². The van der Waals surface area contributed by atoms with Crippen LogP contribution in [0.2, 0.25) is 0 Å². The van der Waals surface area contributed by atoms with Crippen LogP contribution in [0.4, 0.5) is 4.79 Å². The van der Waals surface area contributed by atoms with Gasteiger partial charge >= 0.3 is 12.0 Å². The van der Waals surface area contributed by atoms with E-state index in [4.69, 9.17) is 0 Å². The van der Waals surface area contributed by atoms with Crippen molar-refractivity contribution in [3.63, 3.8) is 0 Å². The Morgan fingerprint density at radius 3 is 2.76 bits per heavy atom. The number of carbonyl (C=O) groups is 3. The fraction of sp³-hybridized carbons (Fsp3) is 0.538. The SMILES string of the molecule is CC(C)[C@@H](C(=O)O)N1CCN(Cc2csc(C=O)n2)C1=O. The van der Waals surface area contributed by atoms with Crippen LogP contribution in [-0.2, 0) is 11.3 Å². The number of nitrogens with zero attached hydrogens (tertiary/aromatic N) is 3. The van der Waals surface area contributed by atoms with Crippen molar-refractivity contribution in [2.75, 3.05) is 13.1 Å². The van der Waals surface area contributed by atoms with Crippen LogP contribution in [0, 0.1) is 5.92 Å². The Balaban J connectivity index is 2.07. The number of hydrogen-bond donors (Lipinski definition) is 1. The topological polar surface area (TPSA) is 90.8 Å². The summed E-state index contributed by atoms with van der Waals surface area (Å²) < 4.78 is 0. The molecule has 1 fully saturated rings. The Labute approximate surface area is 126 Å². The van der Waals surface area contributed by atoms with Gasteiger partial charge in [0.25, 0.3) is 0 Å². The molecule has 1 atom stereocenters. The average Bonchev–Trinajstić information content (AvgIpc) is 3.00. The Hall–Kier alpha value is -1.96. The van der Waals surface area contributed by atoms with Crippen LogP contribution in [0.1, 0.15) is 29.3 Å². The lowest BCUT2D eigenvalue weighted by molar-refractivity contribution is -0.143. The van der Waals surface area contributed by atoms with Crippen molar-refractivity contribution in [3.05, 3.63) is 16.1 Å². The van der Waals surface area contributed by atoms with Crippen molar-refractivity contribution in [3.8, 4) is 0 Å². The van der Waals surface area contributed by atoms with Crippen LogP contribution in [0.5, 0.6) is 0 Å². The lowest BCUT2D eigenvalue weighted by atomic mass is 10.0. The fourth-order valence-corrected chi connectivity index (χ4v) is 3.04. The number of aldehydes is 1. The summed E-state index contributed by atoms with van der Waals surface area (Å²) in [6.45, 7) is 4.71. The zero-order valence-electron chi connectivity index (χ0n) is 11.9. The molecule has 7 nitrogen and oxygen atoms in total. The lowest BCUT2D eigenvalue weighted by Gasteiger charge is -2.27. The summed E-state index contributed by atoms with van der Waals surface area (Å²) in [5.41, 5.74) is 0.647. The summed E-state index contributed by atoms with van der Waals surface area (Å²) in [7, 11) is 0. The molecule has 0 saturated carbocycles. The molecule has 1 aromatic rings.